The number of carbonyl (C=O) groups is 1. The smallest absolute Gasteiger partial charge is 0.322 e. The summed E-state index contributed by atoms with van der Waals surface area (Å²) < 4.78 is 25.4. The second kappa shape index (κ2) is 5.39. The Balaban J connectivity index is 2.37. The number of nitro groups is 1. The summed E-state index contributed by atoms with van der Waals surface area (Å²) in [5.41, 5.74) is -0.273. The van der Waals surface area contributed by atoms with Crippen LogP contribution in [0.3, 0.4) is 0 Å². The van der Waals surface area contributed by atoms with Gasteiger partial charge in [0.15, 0.2) is 0 Å². The van der Waals surface area contributed by atoms with Gasteiger partial charge in [0.05, 0.1) is 15.9 Å². The Kier molecular flexibility index (Phi) is 3.94. The van der Waals surface area contributed by atoms with Crippen molar-refractivity contribution in [2.24, 2.45) is 0 Å². The largest absolute Gasteiger partial charge is 0.480 e. The molecule has 0 aliphatic carbocycles. The zero-order chi connectivity index (χ0) is 15.8. The molecule has 1 aromatic rings. The van der Waals surface area contributed by atoms with Crippen LogP contribution in [0, 0.1) is 10.1 Å². The van der Waals surface area contributed by atoms with E-state index in [0.717, 1.165) is 24.3 Å². The molecule has 0 saturated carbocycles. The lowest BCUT2D eigenvalue weighted by molar-refractivity contribution is -0.384. The van der Waals surface area contributed by atoms with E-state index in [9.17, 15) is 28.4 Å². The standard InChI is InChI=1S/C11H12N2O7S/c14-8-5-10(11(15)16)12(6-8)21(19,20)9-3-1-7(2-4-9)13(17)18/h1-4,8,10,14H,5-6H2,(H,15,16)/t8-,10-/m1/s1. The third-order valence-electron chi connectivity index (χ3n) is 3.17. The molecule has 1 aromatic carbocycles. The molecule has 1 aliphatic rings. The van der Waals surface area contributed by atoms with Gasteiger partial charge in [0.25, 0.3) is 5.69 Å². The Labute approximate surface area is 119 Å². The Hall–Kier alpha value is -2.04. The van der Waals surface area contributed by atoms with Crippen LogP contribution in [0.5, 0.6) is 0 Å². The number of carboxylic acid groups (broad SMARTS) is 1. The van der Waals surface area contributed by atoms with E-state index in [1.165, 1.54) is 0 Å². The number of benzene rings is 1. The zero-order valence-corrected chi connectivity index (χ0v) is 11.4. The van der Waals surface area contributed by atoms with Crippen molar-refractivity contribution in [2.45, 2.75) is 23.5 Å². The van der Waals surface area contributed by atoms with Gasteiger partial charge in [-0.15, -0.1) is 0 Å². The van der Waals surface area contributed by atoms with Gasteiger partial charge in [-0.2, -0.15) is 4.31 Å². The number of non-ortho nitro benzene ring substituents is 1. The molecule has 1 heterocycles. The minimum absolute atomic E-state index is 0.193. The fourth-order valence-corrected chi connectivity index (χ4v) is 3.78. The van der Waals surface area contributed by atoms with Gasteiger partial charge in [0.1, 0.15) is 6.04 Å². The lowest BCUT2D eigenvalue weighted by Crippen LogP contribution is -2.40. The SMILES string of the molecule is O=C(O)[C@H]1C[C@@H](O)CN1S(=O)(=O)c1ccc([N+](=O)[O-])cc1. The van der Waals surface area contributed by atoms with Crippen molar-refractivity contribution in [3.8, 4) is 0 Å². The lowest BCUT2D eigenvalue weighted by atomic mass is 10.2. The van der Waals surface area contributed by atoms with E-state index in [0.29, 0.717) is 4.31 Å². The van der Waals surface area contributed by atoms with Gasteiger partial charge < -0.3 is 10.2 Å². The predicted octanol–water partition coefficient (Wildman–Crippen LogP) is -0.197. The molecule has 2 N–H and O–H groups in total. The molecule has 1 fully saturated rings. The normalized spacial score (nSPS) is 23.1. The van der Waals surface area contributed by atoms with Crippen LogP contribution in [0.15, 0.2) is 29.2 Å². The minimum atomic E-state index is -4.14. The quantitative estimate of drug-likeness (QED) is 0.579. The summed E-state index contributed by atoms with van der Waals surface area (Å²) in [5.74, 6) is -1.35. The highest BCUT2D eigenvalue weighted by Crippen LogP contribution is 2.27. The van der Waals surface area contributed by atoms with Crippen LogP contribution in [0.25, 0.3) is 0 Å². The monoisotopic (exact) mass is 316 g/mol. The molecule has 0 radical (unpaired) electrons. The number of hydrogen-bond donors (Lipinski definition) is 2. The van der Waals surface area contributed by atoms with Gasteiger partial charge in [-0.1, -0.05) is 0 Å². The van der Waals surface area contributed by atoms with E-state index in [2.05, 4.69) is 0 Å². The van der Waals surface area contributed by atoms with Gasteiger partial charge in [-0.05, 0) is 12.1 Å². The van der Waals surface area contributed by atoms with E-state index < -0.39 is 33.1 Å². The highest BCUT2D eigenvalue weighted by molar-refractivity contribution is 7.89. The van der Waals surface area contributed by atoms with E-state index >= 15 is 0 Å². The van der Waals surface area contributed by atoms with Crippen molar-refractivity contribution in [3.05, 3.63) is 34.4 Å². The fourth-order valence-electron chi connectivity index (χ4n) is 2.15. The first-order chi connectivity index (χ1) is 9.73. The van der Waals surface area contributed by atoms with E-state index in [4.69, 9.17) is 5.11 Å². The number of nitrogens with zero attached hydrogens (tertiary/aromatic N) is 2. The summed E-state index contributed by atoms with van der Waals surface area (Å²) in [4.78, 5) is 20.7. The molecule has 2 rings (SSSR count). The number of hydrogen-bond acceptors (Lipinski definition) is 6. The van der Waals surface area contributed by atoms with Crippen molar-refractivity contribution in [2.75, 3.05) is 6.54 Å². The molecule has 0 spiro atoms. The van der Waals surface area contributed by atoms with Crippen molar-refractivity contribution in [3.63, 3.8) is 0 Å². The molecule has 21 heavy (non-hydrogen) atoms. The molecule has 10 heteroatoms. The predicted molar refractivity (Wildman–Crippen MR) is 69.0 cm³/mol. The summed E-state index contributed by atoms with van der Waals surface area (Å²) >= 11 is 0. The van der Waals surface area contributed by atoms with Gasteiger partial charge in [0.2, 0.25) is 10.0 Å². The van der Waals surface area contributed by atoms with Crippen LogP contribution < -0.4 is 0 Å². The number of aliphatic hydroxyl groups is 1. The van der Waals surface area contributed by atoms with Gasteiger partial charge in [0, 0.05) is 25.1 Å². The van der Waals surface area contributed by atoms with Crippen molar-refractivity contribution in [1.82, 2.24) is 4.31 Å². The van der Waals surface area contributed by atoms with Gasteiger partial charge in [-0.25, -0.2) is 8.42 Å². The van der Waals surface area contributed by atoms with Crippen LogP contribution >= 0.6 is 0 Å². The van der Waals surface area contributed by atoms with Crippen molar-refractivity contribution >= 4 is 21.7 Å². The van der Waals surface area contributed by atoms with Crippen LogP contribution in [-0.4, -0.2) is 52.5 Å². The topological polar surface area (TPSA) is 138 Å². The summed E-state index contributed by atoms with van der Waals surface area (Å²) in [6.45, 7) is -0.323. The van der Waals surface area contributed by atoms with Gasteiger partial charge in [-0.3, -0.25) is 14.9 Å². The Morgan fingerprint density at radius 1 is 1.33 bits per heavy atom. The summed E-state index contributed by atoms with van der Waals surface area (Å²) in [6, 6.07) is 2.78. The number of sulfonamides is 1. The first kappa shape index (κ1) is 15.4. The van der Waals surface area contributed by atoms with Crippen LogP contribution in [0.4, 0.5) is 5.69 Å². The Morgan fingerprint density at radius 2 is 1.90 bits per heavy atom. The van der Waals surface area contributed by atoms with Crippen LogP contribution in [0.2, 0.25) is 0 Å². The Bertz CT molecular complexity index is 670. The second-order valence-electron chi connectivity index (χ2n) is 4.57. The summed E-state index contributed by atoms with van der Waals surface area (Å²) in [6.07, 6.45) is -1.25. The van der Waals surface area contributed by atoms with Gasteiger partial charge >= 0.3 is 5.97 Å². The van der Waals surface area contributed by atoms with E-state index in [1.54, 1.807) is 0 Å². The molecule has 0 aromatic heterocycles. The molecule has 114 valence electrons. The highest BCUT2D eigenvalue weighted by atomic mass is 32.2. The molecular weight excluding hydrogens is 304 g/mol. The first-order valence-corrected chi connectivity index (χ1v) is 7.34. The molecule has 0 bridgehead atoms. The Morgan fingerprint density at radius 3 is 2.38 bits per heavy atom. The highest BCUT2D eigenvalue weighted by Gasteiger charge is 2.43. The van der Waals surface area contributed by atoms with E-state index in [1.807, 2.05) is 0 Å². The maximum Gasteiger partial charge on any atom is 0.322 e. The molecular formula is C11H12N2O7S. The van der Waals surface area contributed by atoms with Crippen molar-refractivity contribution < 1.29 is 28.3 Å². The molecule has 0 unspecified atom stereocenters. The molecule has 1 aliphatic heterocycles. The first-order valence-electron chi connectivity index (χ1n) is 5.90. The number of carboxylic acids is 1. The number of rotatable bonds is 4. The minimum Gasteiger partial charge on any atom is -0.480 e. The third-order valence-corrected chi connectivity index (χ3v) is 5.06. The number of nitro benzene ring substituents is 1. The number of aliphatic hydroxyl groups excluding tert-OH is 1. The fraction of sp³-hybridized carbons (Fsp3) is 0.364. The third kappa shape index (κ3) is 2.86. The summed E-state index contributed by atoms with van der Waals surface area (Å²) in [5, 5.41) is 29.0. The molecule has 1 saturated heterocycles. The second-order valence-corrected chi connectivity index (χ2v) is 6.46. The van der Waals surface area contributed by atoms with Crippen molar-refractivity contribution in [1.29, 1.82) is 0 Å². The lowest BCUT2D eigenvalue weighted by Gasteiger charge is -2.20. The molecule has 2 atom stereocenters. The number of β-amino-alcohol motifs (C(OH)–C–C–N with tert-alkyl or cyclic N) is 1. The van der Waals surface area contributed by atoms with E-state index in [-0.39, 0.29) is 23.5 Å². The van der Waals surface area contributed by atoms with Crippen LogP contribution in [0.1, 0.15) is 6.42 Å². The average Bonchev–Trinajstić information content (AvgIpc) is 2.82. The average molecular weight is 316 g/mol. The zero-order valence-electron chi connectivity index (χ0n) is 10.6. The molecule has 9 nitrogen and oxygen atoms in total. The number of aliphatic carboxylic acids is 1. The summed E-state index contributed by atoms with van der Waals surface area (Å²) in [7, 11) is -4.14. The maximum absolute atomic E-state index is 12.4. The van der Waals surface area contributed by atoms with Crippen LogP contribution in [-0.2, 0) is 14.8 Å². The maximum atomic E-state index is 12.4. The molecule has 0 amide bonds.